The number of amides is 1. The van der Waals surface area contributed by atoms with E-state index in [2.05, 4.69) is 26.3 Å². The molecule has 1 aliphatic carbocycles. The maximum absolute atomic E-state index is 13.5. The normalized spacial score (nSPS) is 14.2. The molecule has 3 aromatic heterocycles. The average Bonchev–Trinajstić information content (AvgIpc) is 3.51. The number of hydrogen-bond acceptors (Lipinski definition) is 9. The second kappa shape index (κ2) is 10.5. The first kappa shape index (κ1) is 24.6. The number of primary amides is 1. The lowest BCUT2D eigenvalue weighted by molar-refractivity contribution is -0.116. The molecule has 0 spiro atoms. The Kier molecular flexibility index (Phi) is 6.81. The fourth-order valence-electron chi connectivity index (χ4n) is 4.62. The zero-order valence-corrected chi connectivity index (χ0v) is 21.9. The minimum Gasteiger partial charge on any atom is -0.437 e. The van der Waals surface area contributed by atoms with Crippen molar-refractivity contribution >= 4 is 50.0 Å². The van der Waals surface area contributed by atoms with E-state index in [0.29, 0.717) is 22.4 Å². The first-order chi connectivity index (χ1) is 18.5. The van der Waals surface area contributed by atoms with Gasteiger partial charge in [0.25, 0.3) is 0 Å². The maximum atomic E-state index is 13.5. The molecule has 2 aromatic carbocycles. The first-order valence-electron chi connectivity index (χ1n) is 12.3. The van der Waals surface area contributed by atoms with Crippen LogP contribution in [0.3, 0.4) is 0 Å². The smallest absolute Gasteiger partial charge is 0.237 e. The standard InChI is InChI=1S/C26H24FN7O2S2/c27-16-5-4-8-18(13-16)36-24-12-11-23-30-31-26(34(23)32-24)37-19-9-10-20-21(14-19)38-25(29-20)33(15-22(28)35)17-6-2-1-3-7-17/h4-5,8-14,17H,1-3,6-7,15H2,(H2,28,35). The minimum absolute atomic E-state index is 0.170. The number of hydrogen-bond donors (Lipinski definition) is 1. The van der Waals surface area contributed by atoms with E-state index in [1.807, 2.05) is 12.1 Å². The molecule has 5 aromatic rings. The van der Waals surface area contributed by atoms with Gasteiger partial charge in [0, 0.05) is 23.1 Å². The number of ether oxygens (including phenoxy) is 1. The molecule has 3 heterocycles. The molecule has 0 aliphatic heterocycles. The number of fused-ring (bicyclic) bond motifs is 2. The van der Waals surface area contributed by atoms with Gasteiger partial charge in [0.2, 0.25) is 16.9 Å². The summed E-state index contributed by atoms with van der Waals surface area (Å²) in [5, 5.41) is 14.4. The highest BCUT2D eigenvalue weighted by Gasteiger charge is 2.25. The van der Waals surface area contributed by atoms with Crippen molar-refractivity contribution in [1.82, 2.24) is 24.8 Å². The predicted octanol–water partition coefficient (Wildman–Crippen LogP) is 5.44. The molecule has 194 valence electrons. The summed E-state index contributed by atoms with van der Waals surface area (Å²) >= 11 is 2.98. The van der Waals surface area contributed by atoms with Gasteiger partial charge in [-0.15, -0.1) is 15.3 Å². The second-order valence-corrected chi connectivity index (χ2v) is 11.1. The van der Waals surface area contributed by atoms with Crippen molar-refractivity contribution < 1.29 is 13.9 Å². The number of aromatic nitrogens is 5. The molecular formula is C26H24FN7O2S2. The Labute approximate surface area is 225 Å². The molecule has 1 amide bonds. The van der Waals surface area contributed by atoms with E-state index in [-0.39, 0.29) is 24.3 Å². The molecule has 9 nitrogen and oxygen atoms in total. The van der Waals surface area contributed by atoms with Gasteiger partial charge in [0.15, 0.2) is 10.8 Å². The average molecular weight is 550 g/mol. The van der Waals surface area contributed by atoms with Crippen molar-refractivity contribution in [3.63, 3.8) is 0 Å². The lowest BCUT2D eigenvalue weighted by Crippen LogP contribution is -2.42. The molecule has 0 atom stereocenters. The summed E-state index contributed by atoms with van der Waals surface area (Å²) in [5.74, 6) is -0.0889. The maximum Gasteiger partial charge on any atom is 0.237 e. The number of carbonyl (C=O) groups is 1. The van der Waals surface area contributed by atoms with E-state index in [1.165, 1.54) is 30.3 Å². The highest BCUT2D eigenvalue weighted by molar-refractivity contribution is 7.99. The molecule has 0 radical (unpaired) electrons. The number of rotatable bonds is 8. The Balaban J connectivity index is 1.26. The minimum atomic E-state index is -0.387. The molecule has 12 heteroatoms. The summed E-state index contributed by atoms with van der Waals surface area (Å²) in [5.41, 5.74) is 7.02. The third-order valence-electron chi connectivity index (χ3n) is 6.37. The van der Waals surface area contributed by atoms with Gasteiger partial charge >= 0.3 is 0 Å². The Morgan fingerprint density at radius 2 is 2.00 bits per heavy atom. The second-order valence-electron chi connectivity index (χ2n) is 9.10. The van der Waals surface area contributed by atoms with Crippen LogP contribution in [-0.2, 0) is 4.79 Å². The van der Waals surface area contributed by atoms with Crippen LogP contribution in [0.5, 0.6) is 11.6 Å². The van der Waals surface area contributed by atoms with Crippen LogP contribution in [0.25, 0.3) is 15.9 Å². The molecule has 2 N–H and O–H groups in total. The summed E-state index contributed by atoms with van der Waals surface area (Å²) in [6, 6.07) is 15.6. The number of nitrogens with two attached hydrogens (primary N) is 1. The van der Waals surface area contributed by atoms with Gasteiger partial charge in [-0.1, -0.05) is 36.7 Å². The molecule has 0 bridgehead atoms. The molecule has 1 saturated carbocycles. The Bertz CT molecular complexity index is 1620. The van der Waals surface area contributed by atoms with Crippen LogP contribution in [0.1, 0.15) is 32.1 Å². The summed E-state index contributed by atoms with van der Waals surface area (Å²) in [4.78, 5) is 19.7. The van der Waals surface area contributed by atoms with Crippen LogP contribution < -0.4 is 15.4 Å². The largest absolute Gasteiger partial charge is 0.437 e. The highest BCUT2D eigenvalue weighted by atomic mass is 32.2. The monoisotopic (exact) mass is 549 g/mol. The Hall–Kier alpha value is -3.77. The highest BCUT2D eigenvalue weighted by Crippen LogP contribution is 2.36. The number of nitrogens with zero attached hydrogens (tertiary/aromatic N) is 6. The number of halogens is 1. The predicted molar refractivity (Wildman–Crippen MR) is 144 cm³/mol. The van der Waals surface area contributed by atoms with E-state index >= 15 is 0 Å². The summed E-state index contributed by atoms with van der Waals surface area (Å²) in [7, 11) is 0. The third-order valence-corrected chi connectivity index (χ3v) is 8.36. The molecular weight excluding hydrogens is 525 g/mol. The SMILES string of the molecule is NC(=O)CN(c1nc2ccc(Sc3nnc4ccc(Oc5cccc(F)c5)nn34)cc2s1)C1CCCCC1. The fourth-order valence-corrected chi connectivity index (χ4v) is 6.60. The van der Waals surface area contributed by atoms with E-state index in [4.69, 9.17) is 15.5 Å². The summed E-state index contributed by atoms with van der Waals surface area (Å²) in [6.07, 6.45) is 5.62. The fraction of sp³-hybridized carbons (Fsp3) is 0.269. The van der Waals surface area contributed by atoms with Gasteiger partial charge in [-0.05, 0) is 61.0 Å². The lowest BCUT2D eigenvalue weighted by atomic mass is 9.94. The first-order valence-corrected chi connectivity index (χ1v) is 13.9. The third kappa shape index (κ3) is 5.27. The van der Waals surface area contributed by atoms with Crippen molar-refractivity contribution in [3.05, 3.63) is 60.4 Å². The van der Waals surface area contributed by atoms with E-state index < -0.39 is 0 Å². The van der Waals surface area contributed by atoms with Crippen molar-refractivity contribution in [1.29, 1.82) is 0 Å². The van der Waals surface area contributed by atoms with Crippen LogP contribution in [0, 0.1) is 5.82 Å². The van der Waals surface area contributed by atoms with Gasteiger partial charge in [-0.3, -0.25) is 4.79 Å². The summed E-state index contributed by atoms with van der Waals surface area (Å²) < 4.78 is 21.9. The lowest BCUT2D eigenvalue weighted by Gasteiger charge is -2.33. The quantitative estimate of drug-likeness (QED) is 0.272. The number of carbonyl (C=O) groups excluding carboxylic acids is 1. The topological polar surface area (TPSA) is 112 Å². The van der Waals surface area contributed by atoms with Crippen LogP contribution in [0.4, 0.5) is 9.52 Å². The van der Waals surface area contributed by atoms with Crippen molar-refractivity contribution in [3.8, 4) is 11.6 Å². The van der Waals surface area contributed by atoms with Crippen LogP contribution >= 0.6 is 23.1 Å². The zero-order chi connectivity index (χ0) is 26.1. The van der Waals surface area contributed by atoms with Crippen LogP contribution in [-0.4, -0.2) is 43.3 Å². The van der Waals surface area contributed by atoms with Crippen LogP contribution in [0.15, 0.2) is 64.6 Å². The van der Waals surface area contributed by atoms with Gasteiger partial charge in [0.1, 0.15) is 11.6 Å². The van der Waals surface area contributed by atoms with Gasteiger partial charge in [-0.25, -0.2) is 9.37 Å². The Morgan fingerprint density at radius 1 is 1.13 bits per heavy atom. The van der Waals surface area contributed by atoms with Crippen molar-refractivity contribution in [2.45, 2.75) is 48.2 Å². The number of anilines is 1. The number of benzene rings is 2. The Morgan fingerprint density at radius 3 is 2.82 bits per heavy atom. The van der Waals surface area contributed by atoms with Crippen molar-refractivity contribution in [2.75, 3.05) is 11.4 Å². The van der Waals surface area contributed by atoms with Gasteiger partial charge in [-0.2, -0.15) is 4.52 Å². The molecule has 1 aliphatic rings. The van der Waals surface area contributed by atoms with Gasteiger partial charge < -0.3 is 15.4 Å². The molecule has 1 fully saturated rings. The number of thiazole rings is 1. The van der Waals surface area contributed by atoms with Gasteiger partial charge in [0.05, 0.1) is 16.8 Å². The van der Waals surface area contributed by atoms with E-state index in [9.17, 15) is 9.18 Å². The molecule has 0 unspecified atom stereocenters. The van der Waals surface area contributed by atoms with E-state index in [1.54, 1.807) is 40.1 Å². The van der Waals surface area contributed by atoms with Crippen LogP contribution in [0.2, 0.25) is 0 Å². The summed E-state index contributed by atoms with van der Waals surface area (Å²) in [6.45, 7) is 0.170. The zero-order valence-electron chi connectivity index (χ0n) is 20.3. The molecule has 0 saturated heterocycles. The van der Waals surface area contributed by atoms with Crippen molar-refractivity contribution in [2.24, 2.45) is 5.73 Å². The molecule has 38 heavy (non-hydrogen) atoms. The van der Waals surface area contributed by atoms with E-state index in [0.717, 1.165) is 45.9 Å². The molecule has 6 rings (SSSR count).